The maximum absolute atomic E-state index is 6.11. The quantitative estimate of drug-likeness (QED) is 0.831. The van der Waals surface area contributed by atoms with E-state index < -0.39 is 0 Å². The highest BCUT2D eigenvalue weighted by molar-refractivity contribution is 7.20. The Morgan fingerprint density at radius 3 is 2.71 bits per heavy atom. The Bertz CT molecular complexity index is 330. The first-order chi connectivity index (χ1) is 6.59. The summed E-state index contributed by atoms with van der Waals surface area (Å²) in [6, 6.07) is 2.33. The molecule has 2 N–H and O–H groups in total. The van der Waals surface area contributed by atoms with Gasteiger partial charge in [0.1, 0.15) is 0 Å². The highest BCUT2D eigenvalue weighted by atomic mass is 35.5. The molecule has 1 saturated heterocycles. The normalized spacial score (nSPS) is 28.6. The van der Waals surface area contributed by atoms with Crippen LogP contribution < -0.4 is 5.73 Å². The lowest BCUT2D eigenvalue weighted by Crippen LogP contribution is -2.29. The van der Waals surface area contributed by atoms with Crippen LogP contribution in [-0.4, -0.2) is 24.5 Å². The van der Waals surface area contributed by atoms with Crippen LogP contribution in [0.15, 0.2) is 6.07 Å². The van der Waals surface area contributed by atoms with Crippen molar-refractivity contribution in [2.75, 3.05) is 13.6 Å². The average Bonchev–Trinajstić information content (AvgIpc) is 2.57. The summed E-state index contributed by atoms with van der Waals surface area (Å²) in [5, 5.41) is 0. The van der Waals surface area contributed by atoms with E-state index >= 15 is 0 Å². The summed E-state index contributed by atoms with van der Waals surface area (Å²) in [4.78, 5) is 2.23. The molecule has 0 radical (unpaired) electrons. The first-order valence-electron chi connectivity index (χ1n) is 4.50. The van der Waals surface area contributed by atoms with E-state index in [9.17, 15) is 0 Å². The Morgan fingerprint density at radius 2 is 2.29 bits per heavy atom. The molecule has 2 atom stereocenters. The molecule has 78 valence electrons. The van der Waals surface area contributed by atoms with Crippen molar-refractivity contribution >= 4 is 34.5 Å². The molecule has 0 amide bonds. The zero-order valence-corrected chi connectivity index (χ0v) is 10.2. The summed E-state index contributed by atoms with van der Waals surface area (Å²) < 4.78 is 1.50. The van der Waals surface area contributed by atoms with Crippen LogP contribution in [0.1, 0.15) is 18.0 Å². The third-order valence-electron chi connectivity index (χ3n) is 2.70. The minimum Gasteiger partial charge on any atom is -0.326 e. The summed E-state index contributed by atoms with van der Waals surface area (Å²) in [5.41, 5.74) is 7.12. The molecule has 0 spiro atoms. The van der Waals surface area contributed by atoms with Crippen LogP contribution in [-0.2, 0) is 0 Å². The van der Waals surface area contributed by atoms with Gasteiger partial charge in [0.15, 0.2) is 0 Å². The van der Waals surface area contributed by atoms with Gasteiger partial charge in [-0.3, -0.25) is 4.90 Å². The lowest BCUT2D eigenvalue weighted by Gasteiger charge is -2.22. The molecule has 0 aromatic carbocycles. The van der Waals surface area contributed by atoms with Gasteiger partial charge in [-0.2, -0.15) is 0 Å². The summed E-state index contributed by atoms with van der Waals surface area (Å²) >= 11 is 13.4. The SMILES string of the molecule is CN1CCC(N)C1c1cc(Cl)sc1Cl. The fourth-order valence-corrected chi connectivity index (χ4v) is 3.54. The molecule has 5 heteroatoms. The zero-order chi connectivity index (χ0) is 10.3. The van der Waals surface area contributed by atoms with Gasteiger partial charge in [-0.25, -0.2) is 0 Å². The van der Waals surface area contributed by atoms with E-state index in [1.54, 1.807) is 0 Å². The van der Waals surface area contributed by atoms with E-state index in [0.29, 0.717) is 0 Å². The number of hydrogen-bond donors (Lipinski definition) is 1. The third-order valence-corrected chi connectivity index (χ3v) is 4.22. The van der Waals surface area contributed by atoms with Crippen molar-refractivity contribution < 1.29 is 0 Å². The number of thiophene rings is 1. The molecular formula is C9H12Cl2N2S. The number of likely N-dealkylation sites (tertiary alicyclic amines) is 1. The molecule has 14 heavy (non-hydrogen) atoms. The van der Waals surface area contributed by atoms with Crippen LogP contribution in [0, 0.1) is 0 Å². The van der Waals surface area contributed by atoms with Gasteiger partial charge in [-0.05, 0) is 19.5 Å². The monoisotopic (exact) mass is 250 g/mol. The molecule has 0 bridgehead atoms. The van der Waals surface area contributed by atoms with Crippen molar-refractivity contribution in [1.82, 2.24) is 4.90 Å². The summed E-state index contributed by atoms with van der Waals surface area (Å²) in [6.07, 6.45) is 1.02. The number of hydrogen-bond acceptors (Lipinski definition) is 3. The van der Waals surface area contributed by atoms with Crippen molar-refractivity contribution in [2.45, 2.75) is 18.5 Å². The van der Waals surface area contributed by atoms with Crippen molar-refractivity contribution in [2.24, 2.45) is 5.73 Å². The number of nitrogens with zero attached hydrogens (tertiary/aromatic N) is 1. The van der Waals surface area contributed by atoms with Crippen molar-refractivity contribution in [3.05, 3.63) is 20.3 Å². The topological polar surface area (TPSA) is 29.3 Å². The third kappa shape index (κ3) is 1.79. The van der Waals surface area contributed by atoms with Crippen molar-refractivity contribution in [3.8, 4) is 0 Å². The second kappa shape index (κ2) is 3.99. The number of rotatable bonds is 1. The number of likely N-dealkylation sites (N-methyl/N-ethyl adjacent to an activating group) is 1. The first kappa shape index (κ1) is 10.7. The minimum absolute atomic E-state index is 0.170. The summed E-state index contributed by atoms with van der Waals surface area (Å²) in [7, 11) is 2.07. The molecule has 1 aromatic heterocycles. The summed E-state index contributed by atoms with van der Waals surface area (Å²) in [5.74, 6) is 0. The van der Waals surface area contributed by atoms with Gasteiger partial charge < -0.3 is 5.73 Å². The second-order valence-electron chi connectivity index (χ2n) is 3.66. The van der Waals surface area contributed by atoms with E-state index in [1.165, 1.54) is 11.3 Å². The smallest absolute Gasteiger partial charge is 0.0992 e. The highest BCUT2D eigenvalue weighted by Crippen LogP contribution is 2.40. The molecule has 2 unspecified atom stereocenters. The molecule has 2 heterocycles. The Hall–Kier alpha value is 0.200. The van der Waals surface area contributed by atoms with Crippen molar-refractivity contribution in [1.29, 1.82) is 0 Å². The maximum Gasteiger partial charge on any atom is 0.0992 e. The maximum atomic E-state index is 6.11. The van der Waals surface area contributed by atoms with Gasteiger partial charge in [0, 0.05) is 18.2 Å². The van der Waals surface area contributed by atoms with Gasteiger partial charge in [-0.15, -0.1) is 11.3 Å². The van der Waals surface area contributed by atoms with E-state index in [1.807, 2.05) is 6.07 Å². The molecule has 2 nitrogen and oxygen atoms in total. The van der Waals surface area contributed by atoms with Gasteiger partial charge in [0.25, 0.3) is 0 Å². The molecule has 1 aromatic rings. The Kier molecular flexibility index (Phi) is 3.05. The minimum atomic E-state index is 0.170. The molecule has 2 rings (SSSR count). The van der Waals surface area contributed by atoms with Crippen LogP contribution in [0.25, 0.3) is 0 Å². The van der Waals surface area contributed by atoms with Crippen LogP contribution in [0.4, 0.5) is 0 Å². The lowest BCUT2D eigenvalue weighted by molar-refractivity contribution is 0.305. The van der Waals surface area contributed by atoms with Gasteiger partial charge in [0.2, 0.25) is 0 Å². The van der Waals surface area contributed by atoms with Gasteiger partial charge in [-0.1, -0.05) is 23.2 Å². The molecule has 1 fully saturated rings. The average molecular weight is 251 g/mol. The predicted octanol–water partition coefficient (Wildman–Crippen LogP) is 2.76. The standard InChI is InChI=1S/C9H12Cl2N2S/c1-13-3-2-6(12)8(13)5-4-7(10)14-9(5)11/h4,6,8H,2-3,12H2,1H3. The van der Waals surface area contributed by atoms with Crippen molar-refractivity contribution in [3.63, 3.8) is 0 Å². The first-order valence-corrected chi connectivity index (χ1v) is 6.07. The zero-order valence-electron chi connectivity index (χ0n) is 7.84. The Balaban J connectivity index is 2.33. The van der Waals surface area contributed by atoms with E-state index in [-0.39, 0.29) is 12.1 Å². The molecular weight excluding hydrogens is 239 g/mol. The van der Waals surface area contributed by atoms with Crippen LogP contribution >= 0.6 is 34.5 Å². The molecule has 0 aliphatic carbocycles. The predicted molar refractivity (Wildman–Crippen MR) is 62.3 cm³/mol. The van der Waals surface area contributed by atoms with E-state index in [0.717, 1.165) is 27.2 Å². The summed E-state index contributed by atoms with van der Waals surface area (Å²) in [6.45, 7) is 1.02. The van der Waals surface area contributed by atoms with Crippen LogP contribution in [0.3, 0.4) is 0 Å². The molecule has 1 aliphatic heterocycles. The molecule has 0 saturated carbocycles. The van der Waals surface area contributed by atoms with Crippen LogP contribution in [0.5, 0.6) is 0 Å². The van der Waals surface area contributed by atoms with Gasteiger partial charge >= 0.3 is 0 Å². The Labute approximate surface area is 97.6 Å². The van der Waals surface area contributed by atoms with Gasteiger partial charge in [0.05, 0.1) is 14.7 Å². The second-order valence-corrected chi connectivity index (χ2v) is 5.94. The van der Waals surface area contributed by atoms with E-state index in [4.69, 9.17) is 28.9 Å². The number of nitrogens with two attached hydrogens (primary N) is 1. The van der Waals surface area contributed by atoms with Crippen LogP contribution in [0.2, 0.25) is 8.67 Å². The Morgan fingerprint density at radius 1 is 1.57 bits per heavy atom. The fourth-order valence-electron chi connectivity index (χ4n) is 2.00. The number of halogens is 2. The highest BCUT2D eigenvalue weighted by Gasteiger charge is 2.32. The molecule has 1 aliphatic rings. The largest absolute Gasteiger partial charge is 0.326 e. The lowest BCUT2D eigenvalue weighted by atomic mass is 10.0. The fraction of sp³-hybridized carbons (Fsp3) is 0.556. The van der Waals surface area contributed by atoms with E-state index in [2.05, 4.69) is 11.9 Å².